The maximum absolute atomic E-state index is 14.5. The van der Waals surface area contributed by atoms with Crippen LogP contribution in [0.3, 0.4) is 0 Å². The van der Waals surface area contributed by atoms with E-state index < -0.39 is 60.4 Å². The fourth-order valence-corrected chi connectivity index (χ4v) is 6.86. The quantitative estimate of drug-likeness (QED) is 0.404. The molecule has 0 radical (unpaired) electrons. The Hall–Kier alpha value is -0.390. The Labute approximate surface area is 183 Å². The highest BCUT2D eigenvalue weighted by atomic mass is 79.9. The molecule has 1 rings (SSSR count). The fraction of sp³-hybridized carbons (Fsp3) is 0.688. The van der Waals surface area contributed by atoms with Crippen LogP contribution < -0.4 is 4.72 Å². The van der Waals surface area contributed by atoms with Crippen molar-refractivity contribution >= 4 is 48.5 Å². The molecule has 0 spiro atoms. The topological polar surface area (TPSA) is 93.0 Å². The van der Waals surface area contributed by atoms with Gasteiger partial charge in [-0.15, -0.1) is 16.1 Å². The Balaban J connectivity index is 3.52. The van der Waals surface area contributed by atoms with Crippen LogP contribution in [0.2, 0.25) is 0 Å². The van der Waals surface area contributed by atoms with E-state index in [-0.39, 0.29) is 4.88 Å². The van der Waals surface area contributed by atoms with Gasteiger partial charge in [-0.3, -0.25) is 0 Å². The average molecular weight is 541 g/mol. The number of nitrogens with one attached hydrogen (secondary N) is 1. The SMILES string of the molecule is CC(C)(C)[S+]([O-])N[C@@](C)(CS(=O)(=O)C(C)(C#N)CC(F)(F)F)c1sc(Br)cc1F. The molecule has 5 nitrogen and oxygen atoms in total. The van der Waals surface area contributed by atoms with Crippen LogP contribution in [0.25, 0.3) is 0 Å². The summed E-state index contributed by atoms with van der Waals surface area (Å²) in [5.74, 6) is -1.88. The van der Waals surface area contributed by atoms with Crippen LogP contribution in [0.15, 0.2) is 9.85 Å². The molecule has 0 aliphatic heterocycles. The second-order valence-corrected chi connectivity index (χ2v) is 14.8. The van der Waals surface area contributed by atoms with Crippen LogP contribution in [0.5, 0.6) is 0 Å². The number of alkyl halides is 3. The van der Waals surface area contributed by atoms with Crippen molar-refractivity contribution in [1.82, 2.24) is 4.72 Å². The first-order chi connectivity index (χ1) is 12.8. The minimum Gasteiger partial charge on any atom is -0.598 e. The summed E-state index contributed by atoms with van der Waals surface area (Å²) in [6.45, 7) is 6.69. The van der Waals surface area contributed by atoms with Crippen molar-refractivity contribution in [3.05, 3.63) is 20.5 Å². The van der Waals surface area contributed by atoms with E-state index in [1.807, 2.05) is 0 Å². The molecule has 13 heteroatoms. The highest BCUT2D eigenvalue weighted by Crippen LogP contribution is 2.40. The molecule has 1 aromatic heterocycles. The van der Waals surface area contributed by atoms with Gasteiger partial charge < -0.3 is 4.55 Å². The van der Waals surface area contributed by atoms with Crippen molar-refractivity contribution < 1.29 is 30.5 Å². The number of sulfone groups is 1. The lowest BCUT2D eigenvalue weighted by Gasteiger charge is -2.36. The van der Waals surface area contributed by atoms with E-state index in [2.05, 4.69) is 20.7 Å². The van der Waals surface area contributed by atoms with Gasteiger partial charge in [-0.25, -0.2) is 12.8 Å². The molecule has 0 amide bonds. The van der Waals surface area contributed by atoms with E-state index in [0.717, 1.165) is 17.4 Å². The maximum Gasteiger partial charge on any atom is 0.391 e. The van der Waals surface area contributed by atoms with E-state index in [9.17, 15) is 35.8 Å². The maximum atomic E-state index is 14.5. The normalized spacial score (nSPS) is 18.6. The van der Waals surface area contributed by atoms with Gasteiger partial charge in [-0.1, -0.05) is 0 Å². The van der Waals surface area contributed by atoms with Crippen molar-refractivity contribution in [2.45, 2.75) is 62.2 Å². The van der Waals surface area contributed by atoms with Gasteiger partial charge in [0.25, 0.3) is 0 Å². The summed E-state index contributed by atoms with van der Waals surface area (Å²) in [5.41, 5.74) is -1.85. The highest BCUT2D eigenvalue weighted by Gasteiger charge is 2.53. The second-order valence-electron chi connectivity index (χ2n) is 7.94. The molecule has 0 saturated heterocycles. The van der Waals surface area contributed by atoms with Crippen molar-refractivity contribution in [2.24, 2.45) is 0 Å². The van der Waals surface area contributed by atoms with Gasteiger partial charge in [0.15, 0.2) is 14.6 Å². The summed E-state index contributed by atoms with van der Waals surface area (Å²) < 4.78 is 90.9. The molecule has 0 aliphatic rings. The van der Waals surface area contributed by atoms with E-state index in [1.165, 1.54) is 13.0 Å². The smallest absolute Gasteiger partial charge is 0.391 e. The molecular formula is C16H21BrF4N2O3S3. The zero-order chi connectivity index (χ0) is 23.1. The predicted molar refractivity (Wildman–Crippen MR) is 109 cm³/mol. The second kappa shape index (κ2) is 8.63. The van der Waals surface area contributed by atoms with Crippen LogP contribution in [-0.4, -0.2) is 34.4 Å². The van der Waals surface area contributed by atoms with E-state index in [4.69, 9.17) is 0 Å². The Bertz CT molecular complexity index is 893. The summed E-state index contributed by atoms with van der Waals surface area (Å²) in [5, 5.41) is 9.23. The number of nitrogens with zero attached hydrogens (tertiary/aromatic N) is 1. The van der Waals surface area contributed by atoms with Crippen molar-refractivity contribution in [3.63, 3.8) is 0 Å². The standard InChI is InChI=1S/C16H21BrF4N2O3S3/c1-13(2,3)28(24)23-15(5,12-10(18)6-11(17)27-12)9-29(25,26)14(4,8-22)7-16(19,20)21/h6,23H,7,9H2,1-5H3/t14?,15-,28?/m0/s1. The summed E-state index contributed by atoms with van der Waals surface area (Å²) >= 11 is 2.02. The van der Waals surface area contributed by atoms with E-state index >= 15 is 0 Å². The Morgan fingerprint density at radius 2 is 1.79 bits per heavy atom. The Morgan fingerprint density at radius 3 is 2.14 bits per heavy atom. The monoisotopic (exact) mass is 540 g/mol. The van der Waals surface area contributed by atoms with Crippen molar-refractivity contribution in [1.29, 1.82) is 5.26 Å². The third kappa shape index (κ3) is 6.54. The molecular weight excluding hydrogens is 520 g/mol. The molecule has 1 heterocycles. The van der Waals surface area contributed by atoms with Gasteiger partial charge >= 0.3 is 6.18 Å². The third-order valence-electron chi connectivity index (χ3n) is 3.97. The average Bonchev–Trinajstić information content (AvgIpc) is 2.83. The van der Waals surface area contributed by atoms with Crippen LogP contribution in [0.1, 0.15) is 45.9 Å². The molecule has 2 unspecified atom stereocenters. The number of hydrogen-bond donors (Lipinski definition) is 1. The number of thiophene rings is 1. The number of nitriles is 1. The van der Waals surface area contributed by atoms with Crippen LogP contribution in [-0.2, 0) is 26.7 Å². The number of halogens is 5. The Kier molecular flexibility index (Phi) is 7.92. The summed E-state index contributed by atoms with van der Waals surface area (Å²) in [6.07, 6.45) is -6.79. The highest BCUT2D eigenvalue weighted by molar-refractivity contribution is 9.11. The van der Waals surface area contributed by atoms with Gasteiger partial charge in [-0.2, -0.15) is 18.4 Å². The molecule has 29 heavy (non-hydrogen) atoms. The first kappa shape index (κ1) is 26.6. The Morgan fingerprint density at radius 1 is 1.28 bits per heavy atom. The summed E-state index contributed by atoms with van der Waals surface area (Å²) in [4.78, 5) is -0.155. The van der Waals surface area contributed by atoms with Crippen LogP contribution in [0.4, 0.5) is 17.6 Å². The van der Waals surface area contributed by atoms with Crippen LogP contribution in [0, 0.1) is 17.1 Å². The first-order valence-corrected chi connectivity index (χ1v) is 12.5. The lowest BCUT2D eigenvalue weighted by molar-refractivity contribution is -0.137. The molecule has 0 fully saturated rings. The largest absolute Gasteiger partial charge is 0.598 e. The van der Waals surface area contributed by atoms with Gasteiger partial charge in [-0.05, 0) is 56.6 Å². The molecule has 0 aliphatic carbocycles. The van der Waals surface area contributed by atoms with Crippen molar-refractivity contribution in [3.8, 4) is 6.07 Å². The van der Waals surface area contributed by atoms with Gasteiger partial charge in [0.1, 0.15) is 16.1 Å². The molecule has 0 saturated carbocycles. The third-order valence-corrected chi connectivity index (χ3v) is 10.2. The molecule has 0 aromatic carbocycles. The minimum atomic E-state index is -4.91. The van der Waals surface area contributed by atoms with Gasteiger partial charge in [0, 0.05) is 11.4 Å². The first-order valence-electron chi connectivity index (χ1n) is 8.12. The van der Waals surface area contributed by atoms with E-state index in [1.54, 1.807) is 20.8 Å². The lowest BCUT2D eigenvalue weighted by atomic mass is 10.0. The van der Waals surface area contributed by atoms with Gasteiger partial charge in [0.2, 0.25) is 0 Å². The number of rotatable bonds is 7. The summed E-state index contributed by atoms with van der Waals surface area (Å²) in [7, 11) is -4.76. The van der Waals surface area contributed by atoms with E-state index in [0.29, 0.717) is 10.7 Å². The lowest BCUT2D eigenvalue weighted by Crippen LogP contribution is -2.55. The zero-order valence-corrected chi connectivity index (χ0v) is 20.3. The fourth-order valence-electron chi connectivity index (χ4n) is 2.36. The molecule has 3 atom stereocenters. The zero-order valence-electron chi connectivity index (χ0n) is 16.3. The number of hydrogen-bond acceptors (Lipinski definition) is 6. The van der Waals surface area contributed by atoms with Gasteiger partial charge in [0.05, 0.1) is 26.9 Å². The molecule has 1 aromatic rings. The molecule has 166 valence electrons. The predicted octanol–water partition coefficient (Wildman–Crippen LogP) is 4.57. The van der Waals surface area contributed by atoms with Crippen LogP contribution >= 0.6 is 27.3 Å². The molecule has 0 bridgehead atoms. The van der Waals surface area contributed by atoms with Crippen molar-refractivity contribution in [2.75, 3.05) is 5.75 Å². The summed E-state index contributed by atoms with van der Waals surface area (Å²) in [6, 6.07) is 2.32. The minimum absolute atomic E-state index is 0.155. The molecule has 1 N–H and O–H groups in total.